The highest BCUT2D eigenvalue weighted by Gasteiger charge is 2.08. The Morgan fingerprint density at radius 1 is 1.26 bits per heavy atom. The highest BCUT2D eigenvalue weighted by Crippen LogP contribution is 2.19. The molecule has 0 spiro atoms. The number of carbonyl (C=O) groups excluding carboxylic acids is 1. The van der Waals surface area contributed by atoms with Crippen LogP contribution in [0.5, 0.6) is 5.75 Å². The third-order valence-electron chi connectivity index (χ3n) is 2.64. The summed E-state index contributed by atoms with van der Waals surface area (Å²) < 4.78 is 19.2. The van der Waals surface area contributed by atoms with Gasteiger partial charge in [-0.15, -0.1) is 0 Å². The van der Waals surface area contributed by atoms with Crippen LogP contribution in [0.25, 0.3) is 0 Å². The molecule has 2 nitrogen and oxygen atoms in total. The molecule has 4 heteroatoms. The number of ether oxygens (including phenoxy) is 1. The lowest BCUT2D eigenvalue weighted by Crippen LogP contribution is -2.12. The molecule has 0 atom stereocenters. The van der Waals surface area contributed by atoms with Crippen molar-refractivity contribution in [3.63, 3.8) is 0 Å². The Morgan fingerprint density at radius 3 is 2.74 bits per heavy atom. The highest BCUT2D eigenvalue weighted by molar-refractivity contribution is 9.10. The van der Waals surface area contributed by atoms with Crippen molar-refractivity contribution in [2.75, 3.05) is 6.61 Å². The minimum Gasteiger partial charge on any atom is -0.485 e. The van der Waals surface area contributed by atoms with Crippen LogP contribution in [0.15, 0.2) is 46.9 Å². The molecule has 2 aromatic carbocycles. The number of rotatable bonds is 4. The Hall–Kier alpha value is -1.68. The van der Waals surface area contributed by atoms with Crippen LogP contribution in [-0.2, 0) is 0 Å². The summed E-state index contributed by atoms with van der Waals surface area (Å²) in [6, 6.07) is 11.3. The summed E-state index contributed by atoms with van der Waals surface area (Å²) in [4.78, 5) is 11.9. The van der Waals surface area contributed by atoms with Crippen molar-refractivity contribution in [1.29, 1.82) is 0 Å². The maximum Gasteiger partial charge on any atom is 0.200 e. The number of ketones is 1. The Bertz CT molecular complexity index is 611. The van der Waals surface area contributed by atoms with Crippen LogP contribution in [0.2, 0.25) is 0 Å². The lowest BCUT2D eigenvalue weighted by Gasteiger charge is -2.08. The van der Waals surface area contributed by atoms with Gasteiger partial charge in [0.1, 0.15) is 11.6 Å². The summed E-state index contributed by atoms with van der Waals surface area (Å²) in [6.07, 6.45) is 0. The van der Waals surface area contributed by atoms with Gasteiger partial charge in [0, 0.05) is 10.0 Å². The fourth-order valence-electron chi connectivity index (χ4n) is 1.66. The standard InChI is InChI=1S/C15H12BrFO2/c1-10-7-13(17)5-6-15(10)19-9-14(18)11-3-2-4-12(16)8-11/h2-8H,9H2,1H3. The van der Waals surface area contributed by atoms with E-state index < -0.39 is 0 Å². The first kappa shape index (κ1) is 13.7. The molecule has 0 saturated heterocycles. The molecule has 2 rings (SSSR count). The van der Waals surface area contributed by atoms with Crippen molar-refractivity contribution in [3.05, 3.63) is 63.9 Å². The first-order chi connectivity index (χ1) is 9.06. The Balaban J connectivity index is 2.04. The van der Waals surface area contributed by atoms with Gasteiger partial charge in [0.2, 0.25) is 0 Å². The van der Waals surface area contributed by atoms with Crippen molar-refractivity contribution in [1.82, 2.24) is 0 Å². The summed E-state index contributed by atoms with van der Waals surface area (Å²) in [5, 5.41) is 0. The monoisotopic (exact) mass is 322 g/mol. The minimum absolute atomic E-state index is 0.0665. The Labute approximate surface area is 119 Å². The van der Waals surface area contributed by atoms with Gasteiger partial charge < -0.3 is 4.74 Å². The predicted octanol–water partition coefficient (Wildman–Crippen LogP) is 4.16. The largest absolute Gasteiger partial charge is 0.485 e. The van der Waals surface area contributed by atoms with Crippen LogP contribution in [0.1, 0.15) is 15.9 Å². The second-order valence-electron chi connectivity index (χ2n) is 4.13. The van der Waals surface area contributed by atoms with E-state index >= 15 is 0 Å². The van der Waals surface area contributed by atoms with Gasteiger partial charge in [-0.25, -0.2) is 4.39 Å². The molecule has 0 aliphatic heterocycles. The first-order valence-corrected chi connectivity index (χ1v) is 6.53. The molecule has 98 valence electrons. The summed E-state index contributed by atoms with van der Waals surface area (Å²) in [5.41, 5.74) is 1.25. The first-order valence-electron chi connectivity index (χ1n) is 5.74. The van der Waals surface area contributed by atoms with Crippen molar-refractivity contribution in [2.45, 2.75) is 6.92 Å². The summed E-state index contributed by atoms with van der Waals surface area (Å²) in [5.74, 6) is 0.0814. The van der Waals surface area contributed by atoms with Crippen molar-refractivity contribution in [2.24, 2.45) is 0 Å². The topological polar surface area (TPSA) is 26.3 Å². The smallest absolute Gasteiger partial charge is 0.200 e. The second kappa shape index (κ2) is 5.97. The molecule has 0 saturated carbocycles. The van der Waals surface area contributed by atoms with E-state index in [1.807, 2.05) is 6.07 Å². The average Bonchev–Trinajstić information content (AvgIpc) is 2.37. The zero-order valence-electron chi connectivity index (χ0n) is 10.3. The number of aryl methyl sites for hydroxylation is 1. The maximum atomic E-state index is 12.9. The Morgan fingerprint density at radius 2 is 2.05 bits per heavy atom. The number of hydrogen-bond acceptors (Lipinski definition) is 2. The van der Waals surface area contributed by atoms with Crippen LogP contribution in [0.3, 0.4) is 0 Å². The SMILES string of the molecule is Cc1cc(F)ccc1OCC(=O)c1cccc(Br)c1. The van der Waals surface area contributed by atoms with Gasteiger partial charge in [-0.05, 0) is 42.8 Å². The molecule has 0 amide bonds. The van der Waals surface area contributed by atoms with Crippen LogP contribution in [0.4, 0.5) is 4.39 Å². The van der Waals surface area contributed by atoms with Gasteiger partial charge in [0.15, 0.2) is 12.4 Å². The van der Waals surface area contributed by atoms with E-state index in [1.165, 1.54) is 18.2 Å². The fourth-order valence-corrected chi connectivity index (χ4v) is 2.06. The molecule has 0 aliphatic rings. The molecule has 0 unspecified atom stereocenters. The van der Waals surface area contributed by atoms with Crippen molar-refractivity contribution >= 4 is 21.7 Å². The van der Waals surface area contributed by atoms with Gasteiger partial charge in [0.05, 0.1) is 0 Å². The minimum atomic E-state index is -0.317. The van der Waals surface area contributed by atoms with E-state index in [0.29, 0.717) is 16.9 Å². The quantitative estimate of drug-likeness (QED) is 0.790. The number of benzene rings is 2. The number of carbonyl (C=O) groups is 1. The third-order valence-corrected chi connectivity index (χ3v) is 3.14. The van der Waals surface area contributed by atoms with Crippen molar-refractivity contribution < 1.29 is 13.9 Å². The molecule has 2 aromatic rings. The van der Waals surface area contributed by atoms with Crippen LogP contribution >= 0.6 is 15.9 Å². The predicted molar refractivity (Wildman–Crippen MR) is 75.1 cm³/mol. The molecular formula is C15H12BrFO2. The molecule has 0 radical (unpaired) electrons. The van der Waals surface area contributed by atoms with Crippen LogP contribution in [-0.4, -0.2) is 12.4 Å². The highest BCUT2D eigenvalue weighted by atomic mass is 79.9. The van der Waals surface area contributed by atoms with Crippen molar-refractivity contribution in [3.8, 4) is 5.75 Å². The number of hydrogen-bond donors (Lipinski definition) is 0. The molecule has 0 aromatic heterocycles. The van der Waals surface area contributed by atoms with Gasteiger partial charge in [-0.2, -0.15) is 0 Å². The van der Waals surface area contributed by atoms with E-state index in [2.05, 4.69) is 15.9 Å². The van der Waals surface area contributed by atoms with E-state index in [-0.39, 0.29) is 18.2 Å². The zero-order valence-corrected chi connectivity index (χ0v) is 11.9. The van der Waals surface area contributed by atoms with E-state index in [9.17, 15) is 9.18 Å². The summed E-state index contributed by atoms with van der Waals surface area (Å²) in [7, 11) is 0. The van der Waals surface area contributed by atoms with Gasteiger partial charge in [0.25, 0.3) is 0 Å². The van der Waals surface area contributed by atoms with E-state index in [0.717, 1.165) is 4.47 Å². The number of Topliss-reactive ketones (excluding diaryl/α,β-unsaturated/α-hetero) is 1. The molecule has 0 N–H and O–H groups in total. The van der Waals surface area contributed by atoms with E-state index in [1.54, 1.807) is 25.1 Å². The molecule has 0 bridgehead atoms. The van der Waals surface area contributed by atoms with Gasteiger partial charge >= 0.3 is 0 Å². The fraction of sp³-hybridized carbons (Fsp3) is 0.133. The molecular weight excluding hydrogens is 311 g/mol. The summed E-state index contributed by atoms with van der Waals surface area (Å²) >= 11 is 3.31. The maximum absolute atomic E-state index is 12.9. The van der Waals surface area contributed by atoms with Crippen LogP contribution < -0.4 is 4.74 Å². The molecule has 0 heterocycles. The lowest BCUT2D eigenvalue weighted by atomic mass is 10.1. The Kier molecular flexibility index (Phi) is 4.32. The van der Waals surface area contributed by atoms with Gasteiger partial charge in [-0.1, -0.05) is 28.1 Å². The van der Waals surface area contributed by atoms with Gasteiger partial charge in [-0.3, -0.25) is 4.79 Å². The normalized spacial score (nSPS) is 10.3. The molecule has 0 fully saturated rings. The van der Waals surface area contributed by atoms with Crippen LogP contribution in [0, 0.1) is 12.7 Å². The zero-order chi connectivity index (χ0) is 13.8. The lowest BCUT2D eigenvalue weighted by molar-refractivity contribution is 0.0921. The number of halogens is 2. The molecule has 0 aliphatic carbocycles. The molecule has 19 heavy (non-hydrogen) atoms. The third kappa shape index (κ3) is 3.64. The average molecular weight is 323 g/mol. The second-order valence-corrected chi connectivity index (χ2v) is 5.05. The summed E-state index contributed by atoms with van der Waals surface area (Å²) in [6.45, 7) is 1.67. The van der Waals surface area contributed by atoms with E-state index in [4.69, 9.17) is 4.74 Å².